The van der Waals surface area contributed by atoms with Crippen LogP contribution in [0.25, 0.3) is 23.1 Å². The van der Waals surface area contributed by atoms with Crippen molar-refractivity contribution < 1.29 is 9.21 Å². The Labute approximate surface area is 185 Å². The molecule has 1 aliphatic rings. The van der Waals surface area contributed by atoms with Gasteiger partial charge >= 0.3 is 0 Å². The molecule has 0 N–H and O–H groups in total. The molecule has 0 saturated carbocycles. The normalized spacial score (nSPS) is 14.9. The summed E-state index contributed by atoms with van der Waals surface area (Å²) in [5.74, 6) is 1.22. The number of furan rings is 1. The second kappa shape index (κ2) is 8.13. The average molecular weight is 424 g/mol. The van der Waals surface area contributed by atoms with Crippen LogP contribution in [0, 0.1) is 0 Å². The van der Waals surface area contributed by atoms with E-state index in [0.717, 1.165) is 22.5 Å². The number of hydrogen-bond donors (Lipinski definition) is 0. The largest absolute Gasteiger partial charge is 0.457 e. The summed E-state index contributed by atoms with van der Waals surface area (Å²) in [6, 6.07) is 30.8. The van der Waals surface area contributed by atoms with Crippen molar-refractivity contribution in [1.29, 1.82) is 0 Å². The lowest BCUT2D eigenvalue weighted by atomic mass is 10.1. The molecule has 0 radical (unpaired) electrons. The maximum Gasteiger partial charge on any atom is 0.263 e. The number of carbonyl (C=O) groups excluding carboxylic acids is 1. The Morgan fingerprint density at radius 3 is 2.23 bits per heavy atom. The molecule has 0 saturated heterocycles. The van der Waals surface area contributed by atoms with Gasteiger partial charge in [0.2, 0.25) is 0 Å². The minimum atomic E-state index is -0.0919. The Morgan fingerprint density at radius 2 is 1.48 bits per heavy atom. The smallest absolute Gasteiger partial charge is 0.263 e. The molecule has 0 fully saturated rings. The van der Waals surface area contributed by atoms with Crippen LogP contribution >= 0.6 is 11.6 Å². The van der Waals surface area contributed by atoms with Gasteiger partial charge in [0.15, 0.2) is 0 Å². The fourth-order valence-corrected chi connectivity index (χ4v) is 3.84. The molecule has 3 nitrogen and oxygen atoms in total. The van der Waals surface area contributed by atoms with Gasteiger partial charge < -0.3 is 4.42 Å². The van der Waals surface area contributed by atoms with Gasteiger partial charge in [-0.1, -0.05) is 72.3 Å². The van der Waals surface area contributed by atoms with Gasteiger partial charge in [-0.05, 0) is 54.1 Å². The van der Waals surface area contributed by atoms with Crippen LogP contribution in [0.4, 0.5) is 5.69 Å². The van der Waals surface area contributed by atoms with Crippen molar-refractivity contribution in [2.75, 3.05) is 4.90 Å². The van der Waals surface area contributed by atoms with Gasteiger partial charge in [0, 0.05) is 21.8 Å². The number of carbonyl (C=O) groups is 1. The number of rotatable bonds is 4. The third-order valence-corrected chi connectivity index (χ3v) is 5.34. The summed E-state index contributed by atoms with van der Waals surface area (Å²) >= 11 is 6.10. The highest BCUT2D eigenvalue weighted by atomic mass is 35.5. The first-order chi connectivity index (χ1) is 15.2. The third kappa shape index (κ3) is 3.83. The Bertz CT molecular complexity index is 1300. The molecule has 0 spiro atoms. The SMILES string of the molecule is O=C1/C(=C\c2ccc(-c3cccc(Cl)c3)o2)C=C(c2ccccc2)N1c1ccccc1. The van der Waals surface area contributed by atoms with Gasteiger partial charge in [-0.2, -0.15) is 0 Å². The zero-order chi connectivity index (χ0) is 21.2. The molecule has 1 aliphatic heterocycles. The van der Waals surface area contributed by atoms with E-state index in [4.69, 9.17) is 16.0 Å². The Hall–Kier alpha value is -3.82. The maximum absolute atomic E-state index is 13.4. The highest BCUT2D eigenvalue weighted by Crippen LogP contribution is 2.35. The van der Waals surface area contributed by atoms with Crippen LogP contribution in [-0.4, -0.2) is 5.91 Å². The lowest BCUT2D eigenvalue weighted by Gasteiger charge is -2.20. The Kier molecular flexibility index (Phi) is 5.03. The highest BCUT2D eigenvalue weighted by molar-refractivity contribution is 6.30. The van der Waals surface area contributed by atoms with Crippen molar-refractivity contribution in [1.82, 2.24) is 0 Å². The van der Waals surface area contributed by atoms with Gasteiger partial charge in [-0.3, -0.25) is 9.69 Å². The summed E-state index contributed by atoms with van der Waals surface area (Å²) in [7, 11) is 0. The lowest BCUT2D eigenvalue weighted by molar-refractivity contribution is -0.113. The summed E-state index contributed by atoms with van der Waals surface area (Å²) in [6.45, 7) is 0. The van der Waals surface area contributed by atoms with Crippen LogP contribution in [0.1, 0.15) is 11.3 Å². The first kappa shape index (κ1) is 19.2. The molecular weight excluding hydrogens is 406 g/mol. The van der Waals surface area contributed by atoms with Gasteiger partial charge in [-0.25, -0.2) is 0 Å². The fourth-order valence-electron chi connectivity index (χ4n) is 3.65. The molecule has 150 valence electrons. The van der Waals surface area contributed by atoms with Gasteiger partial charge in [0.05, 0.1) is 5.70 Å². The second-order valence-corrected chi connectivity index (χ2v) is 7.62. The first-order valence-electron chi connectivity index (χ1n) is 9.93. The lowest BCUT2D eigenvalue weighted by Crippen LogP contribution is -2.24. The van der Waals surface area contributed by atoms with Crippen LogP contribution in [0.3, 0.4) is 0 Å². The van der Waals surface area contributed by atoms with Crippen molar-refractivity contribution in [3.63, 3.8) is 0 Å². The quantitative estimate of drug-likeness (QED) is 0.329. The highest BCUT2D eigenvalue weighted by Gasteiger charge is 2.30. The number of halogens is 1. The maximum atomic E-state index is 13.4. The standard InChI is InChI=1S/C27H18ClNO2/c28-22-11-7-10-20(16-22)26-15-14-24(31-26)17-21-18-25(19-8-3-1-4-9-19)29(27(21)30)23-12-5-2-6-13-23/h1-18H/b21-17-. The molecule has 4 heteroatoms. The van der Waals surface area contributed by atoms with Crippen molar-refractivity contribution in [3.8, 4) is 11.3 Å². The molecule has 2 heterocycles. The van der Waals surface area contributed by atoms with E-state index in [2.05, 4.69) is 0 Å². The fraction of sp³-hybridized carbons (Fsp3) is 0. The van der Waals surface area contributed by atoms with Crippen LogP contribution in [0.5, 0.6) is 0 Å². The van der Waals surface area contributed by atoms with E-state index in [9.17, 15) is 4.79 Å². The van der Waals surface area contributed by atoms with Gasteiger partial charge in [0.1, 0.15) is 11.5 Å². The minimum absolute atomic E-state index is 0.0919. The molecule has 0 unspecified atom stereocenters. The number of para-hydroxylation sites is 1. The summed E-state index contributed by atoms with van der Waals surface area (Å²) < 4.78 is 5.98. The van der Waals surface area contributed by atoms with E-state index >= 15 is 0 Å². The molecule has 0 atom stereocenters. The van der Waals surface area contributed by atoms with Crippen LogP contribution < -0.4 is 4.90 Å². The van der Waals surface area contributed by atoms with Crippen molar-refractivity contribution >= 4 is 35.0 Å². The predicted molar refractivity (Wildman–Crippen MR) is 125 cm³/mol. The number of amides is 1. The second-order valence-electron chi connectivity index (χ2n) is 7.18. The number of benzene rings is 3. The van der Waals surface area contributed by atoms with Crippen molar-refractivity contribution in [3.05, 3.63) is 125 Å². The molecule has 0 aliphatic carbocycles. The van der Waals surface area contributed by atoms with E-state index in [0.29, 0.717) is 22.1 Å². The molecule has 31 heavy (non-hydrogen) atoms. The van der Waals surface area contributed by atoms with E-state index in [1.807, 2.05) is 103 Å². The molecular formula is C27H18ClNO2. The van der Waals surface area contributed by atoms with Crippen LogP contribution in [0.2, 0.25) is 5.02 Å². The monoisotopic (exact) mass is 423 g/mol. The summed E-state index contributed by atoms with van der Waals surface area (Å²) in [5.41, 5.74) is 4.09. The zero-order valence-corrected chi connectivity index (χ0v) is 17.3. The Morgan fingerprint density at radius 1 is 0.774 bits per heavy atom. The topological polar surface area (TPSA) is 33.5 Å². The molecule has 1 amide bonds. The summed E-state index contributed by atoms with van der Waals surface area (Å²) in [6.07, 6.45) is 3.69. The molecule has 0 bridgehead atoms. The number of anilines is 1. The van der Waals surface area contributed by atoms with Crippen molar-refractivity contribution in [2.24, 2.45) is 0 Å². The third-order valence-electron chi connectivity index (χ3n) is 5.10. The summed E-state index contributed by atoms with van der Waals surface area (Å²) in [4.78, 5) is 15.1. The van der Waals surface area contributed by atoms with E-state index in [1.54, 1.807) is 11.0 Å². The van der Waals surface area contributed by atoms with E-state index < -0.39 is 0 Å². The van der Waals surface area contributed by atoms with Crippen LogP contribution in [-0.2, 0) is 4.79 Å². The first-order valence-corrected chi connectivity index (χ1v) is 10.3. The van der Waals surface area contributed by atoms with Gasteiger partial charge in [0.25, 0.3) is 5.91 Å². The molecule has 4 aromatic rings. The van der Waals surface area contributed by atoms with Crippen molar-refractivity contribution in [2.45, 2.75) is 0 Å². The summed E-state index contributed by atoms with van der Waals surface area (Å²) in [5, 5.41) is 0.647. The van der Waals surface area contributed by atoms with Crippen LogP contribution in [0.15, 0.2) is 113 Å². The van der Waals surface area contributed by atoms with E-state index in [1.165, 1.54) is 0 Å². The average Bonchev–Trinajstić information content (AvgIpc) is 3.40. The minimum Gasteiger partial charge on any atom is -0.457 e. The number of hydrogen-bond acceptors (Lipinski definition) is 2. The van der Waals surface area contributed by atoms with Gasteiger partial charge in [-0.15, -0.1) is 0 Å². The molecule has 1 aromatic heterocycles. The number of nitrogens with zero attached hydrogens (tertiary/aromatic N) is 1. The zero-order valence-electron chi connectivity index (χ0n) is 16.5. The predicted octanol–water partition coefficient (Wildman–Crippen LogP) is 7.07. The molecule has 3 aromatic carbocycles. The Balaban J connectivity index is 1.54. The van der Waals surface area contributed by atoms with E-state index in [-0.39, 0.29) is 5.91 Å². The molecule has 5 rings (SSSR count).